The lowest BCUT2D eigenvalue weighted by Gasteiger charge is -2.24. The highest BCUT2D eigenvalue weighted by Gasteiger charge is 2.18. The van der Waals surface area contributed by atoms with E-state index in [1.807, 2.05) is 0 Å². The highest BCUT2D eigenvalue weighted by molar-refractivity contribution is 6.43. The third-order valence-electron chi connectivity index (χ3n) is 2.74. The molecule has 0 saturated heterocycles. The van der Waals surface area contributed by atoms with Crippen LogP contribution in [0.15, 0.2) is 12.1 Å². The quantitative estimate of drug-likeness (QED) is 0.818. The first-order valence-electron chi connectivity index (χ1n) is 6.39. The van der Waals surface area contributed by atoms with Gasteiger partial charge in [0.15, 0.2) is 0 Å². The Hall–Kier alpha value is -0.970. The highest BCUT2D eigenvalue weighted by atomic mass is 35.5. The SMILES string of the molecule is COCCN(CC(C)C)C(=O)c1cc(N)c(Cl)c(Cl)c1. The van der Waals surface area contributed by atoms with Crippen molar-refractivity contribution >= 4 is 34.8 Å². The number of anilines is 1. The van der Waals surface area contributed by atoms with Crippen molar-refractivity contribution in [3.05, 3.63) is 27.7 Å². The van der Waals surface area contributed by atoms with Crippen molar-refractivity contribution in [2.45, 2.75) is 13.8 Å². The van der Waals surface area contributed by atoms with E-state index in [0.717, 1.165) is 0 Å². The van der Waals surface area contributed by atoms with E-state index in [2.05, 4.69) is 13.8 Å². The molecule has 0 heterocycles. The molecule has 0 radical (unpaired) electrons. The summed E-state index contributed by atoms with van der Waals surface area (Å²) >= 11 is 11.9. The van der Waals surface area contributed by atoms with Gasteiger partial charge in [0.25, 0.3) is 5.91 Å². The molecule has 0 aromatic heterocycles. The predicted molar refractivity (Wildman–Crippen MR) is 83.5 cm³/mol. The molecule has 1 aromatic carbocycles. The van der Waals surface area contributed by atoms with Crippen LogP contribution in [0.4, 0.5) is 5.69 Å². The van der Waals surface area contributed by atoms with E-state index in [4.69, 9.17) is 33.7 Å². The molecule has 0 aliphatic heterocycles. The molecule has 0 atom stereocenters. The molecule has 2 N–H and O–H groups in total. The van der Waals surface area contributed by atoms with Crippen LogP contribution in [0.25, 0.3) is 0 Å². The zero-order valence-electron chi connectivity index (χ0n) is 12.0. The minimum atomic E-state index is -0.124. The van der Waals surface area contributed by atoms with E-state index in [1.165, 1.54) is 0 Å². The van der Waals surface area contributed by atoms with E-state index in [1.54, 1.807) is 24.1 Å². The number of amides is 1. The molecule has 0 unspecified atom stereocenters. The van der Waals surface area contributed by atoms with E-state index < -0.39 is 0 Å². The molecular formula is C14H20Cl2N2O2. The minimum Gasteiger partial charge on any atom is -0.397 e. The van der Waals surface area contributed by atoms with E-state index >= 15 is 0 Å². The lowest BCUT2D eigenvalue weighted by molar-refractivity contribution is 0.0672. The molecule has 6 heteroatoms. The van der Waals surface area contributed by atoms with E-state index in [0.29, 0.717) is 36.9 Å². The molecular weight excluding hydrogens is 299 g/mol. The number of halogens is 2. The summed E-state index contributed by atoms with van der Waals surface area (Å²) in [6.45, 7) is 5.75. The van der Waals surface area contributed by atoms with Crippen molar-refractivity contribution in [3.8, 4) is 0 Å². The largest absolute Gasteiger partial charge is 0.397 e. The lowest BCUT2D eigenvalue weighted by Crippen LogP contribution is -2.36. The minimum absolute atomic E-state index is 0.124. The van der Waals surface area contributed by atoms with Crippen LogP contribution < -0.4 is 5.73 Å². The molecule has 112 valence electrons. The standard InChI is InChI=1S/C14H20Cl2N2O2/c1-9(2)8-18(4-5-20-3)14(19)10-6-11(15)13(16)12(17)7-10/h6-7,9H,4-5,8,17H2,1-3H3. The topological polar surface area (TPSA) is 55.6 Å². The van der Waals surface area contributed by atoms with Crippen LogP contribution in [-0.2, 0) is 4.74 Å². The fraction of sp³-hybridized carbons (Fsp3) is 0.500. The van der Waals surface area contributed by atoms with Gasteiger partial charge < -0.3 is 15.4 Å². The van der Waals surface area contributed by atoms with Gasteiger partial charge in [-0.1, -0.05) is 37.0 Å². The second-order valence-corrected chi connectivity index (χ2v) is 5.78. The Bertz CT molecular complexity index is 455. The summed E-state index contributed by atoms with van der Waals surface area (Å²) in [5.41, 5.74) is 6.49. The molecule has 1 amide bonds. The first-order chi connectivity index (χ1) is 9.36. The van der Waals surface area contributed by atoms with Gasteiger partial charge in [-0.2, -0.15) is 0 Å². The average Bonchev–Trinajstić information content (AvgIpc) is 2.39. The maximum Gasteiger partial charge on any atom is 0.254 e. The summed E-state index contributed by atoms with van der Waals surface area (Å²) in [5, 5.41) is 0.557. The van der Waals surface area contributed by atoms with E-state index in [-0.39, 0.29) is 16.0 Å². The third kappa shape index (κ3) is 4.54. The summed E-state index contributed by atoms with van der Waals surface area (Å²) in [7, 11) is 1.61. The molecule has 0 spiro atoms. The Balaban J connectivity index is 2.98. The molecule has 0 fully saturated rings. The molecule has 0 aliphatic rings. The van der Waals surface area contributed by atoms with Gasteiger partial charge in [-0.05, 0) is 18.1 Å². The number of nitrogen functional groups attached to an aromatic ring is 1. The van der Waals surface area contributed by atoms with Crippen LogP contribution >= 0.6 is 23.2 Å². The van der Waals surface area contributed by atoms with Gasteiger partial charge >= 0.3 is 0 Å². The molecule has 1 aromatic rings. The number of ether oxygens (including phenoxy) is 1. The van der Waals surface area contributed by atoms with Crippen LogP contribution in [0.5, 0.6) is 0 Å². The van der Waals surface area contributed by atoms with Crippen LogP contribution in [0, 0.1) is 5.92 Å². The number of carbonyl (C=O) groups excluding carboxylic acids is 1. The number of methoxy groups -OCH3 is 1. The smallest absolute Gasteiger partial charge is 0.254 e. The Morgan fingerprint density at radius 1 is 1.40 bits per heavy atom. The monoisotopic (exact) mass is 318 g/mol. The molecule has 20 heavy (non-hydrogen) atoms. The highest BCUT2D eigenvalue weighted by Crippen LogP contribution is 2.29. The van der Waals surface area contributed by atoms with Crippen LogP contribution in [0.1, 0.15) is 24.2 Å². The summed E-state index contributed by atoms with van der Waals surface area (Å²) < 4.78 is 5.04. The lowest BCUT2D eigenvalue weighted by atomic mass is 10.1. The van der Waals surface area contributed by atoms with Gasteiger partial charge in [0.1, 0.15) is 0 Å². The van der Waals surface area contributed by atoms with Crippen molar-refractivity contribution < 1.29 is 9.53 Å². The van der Waals surface area contributed by atoms with Gasteiger partial charge in [0.05, 0.1) is 22.3 Å². The van der Waals surface area contributed by atoms with E-state index in [9.17, 15) is 4.79 Å². The number of hydrogen-bond donors (Lipinski definition) is 1. The fourth-order valence-corrected chi connectivity index (χ4v) is 2.17. The maximum atomic E-state index is 12.5. The average molecular weight is 319 g/mol. The molecule has 0 saturated carbocycles. The Kier molecular flexibility index (Phi) is 6.59. The zero-order chi connectivity index (χ0) is 15.3. The van der Waals surface area contributed by atoms with Crippen LogP contribution in [0.2, 0.25) is 10.0 Å². The fourth-order valence-electron chi connectivity index (χ4n) is 1.83. The van der Waals surface area contributed by atoms with Crippen molar-refractivity contribution in [1.82, 2.24) is 4.90 Å². The van der Waals surface area contributed by atoms with Crippen LogP contribution in [-0.4, -0.2) is 37.6 Å². The third-order valence-corrected chi connectivity index (χ3v) is 3.56. The van der Waals surface area contributed by atoms with Gasteiger partial charge in [0, 0.05) is 25.8 Å². The Labute approximate surface area is 129 Å². The summed E-state index contributed by atoms with van der Waals surface area (Å²) in [6, 6.07) is 3.10. The van der Waals surface area contributed by atoms with Gasteiger partial charge in [-0.25, -0.2) is 0 Å². The van der Waals surface area contributed by atoms with Gasteiger partial charge in [-0.15, -0.1) is 0 Å². The molecule has 0 bridgehead atoms. The number of hydrogen-bond acceptors (Lipinski definition) is 3. The number of benzene rings is 1. The maximum absolute atomic E-state index is 12.5. The molecule has 0 aliphatic carbocycles. The van der Waals surface area contributed by atoms with Crippen molar-refractivity contribution in [3.63, 3.8) is 0 Å². The summed E-state index contributed by atoms with van der Waals surface area (Å²) in [5.74, 6) is 0.233. The Morgan fingerprint density at radius 3 is 2.55 bits per heavy atom. The first-order valence-corrected chi connectivity index (χ1v) is 7.15. The number of carbonyl (C=O) groups is 1. The molecule has 1 rings (SSSR count). The number of nitrogens with two attached hydrogens (primary N) is 1. The summed E-state index contributed by atoms with van der Waals surface area (Å²) in [4.78, 5) is 14.2. The molecule has 4 nitrogen and oxygen atoms in total. The van der Waals surface area contributed by atoms with Gasteiger partial charge in [0.2, 0.25) is 0 Å². The van der Waals surface area contributed by atoms with Crippen molar-refractivity contribution in [1.29, 1.82) is 0 Å². The second-order valence-electron chi connectivity index (χ2n) is 5.00. The predicted octanol–water partition coefficient (Wildman–Crippen LogP) is 3.32. The zero-order valence-corrected chi connectivity index (χ0v) is 13.5. The normalized spacial score (nSPS) is 10.9. The number of rotatable bonds is 6. The van der Waals surface area contributed by atoms with Gasteiger partial charge in [-0.3, -0.25) is 4.79 Å². The van der Waals surface area contributed by atoms with Crippen molar-refractivity contribution in [2.75, 3.05) is 32.5 Å². The first kappa shape index (κ1) is 17.1. The summed E-state index contributed by atoms with van der Waals surface area (Å²) in [6.07, 6.45) is 0. The van der Waals surface area contributed by atoms with Crippen LogP contribution in [0.3, 0.4) is 0 Å². The van der Waals surface area contributed by atoms with Crippen molar-refractivity contribution in [2.24, 2.45) is 5.92 Å². The Morgan fingerprint density at radius 2 is 2.05 bits per heavy atom. The second kappa shape index (κ2) is 7.72. The number of nitrogens with zero attached hydrogens (tertiary/aromatic N) is 1.